The Morgan fingerprint density at radius 3 is 2.24 bits per heavy atom. The summed E-state index contributed by atoms with van der Waals surface area (Å²) >= 11 is 0. The Labute approximate surface area is 168 Å². The van der Waals surface area contributed by atoms with Gasteiger partial charge in [-0.1, -0.05) is 29.8 Å². The van der Waals surface area contributed by atoms with Crippen molar-refractivity contribution in [2.45, 2.75) is 25.8 Å². The predicted octanol–water partition coefficient (Wildman–Crippen LogP) is 1.33. The van der Waals surface area contributed by atoms with E-state index in [1.807, 2.05) is 19.1 Å². The fourth-order valence-electron chi connectivity index (χ4n) is 2.81. The lowest BCUT2D eigenvalue weighted by atomic mass is 10.1. The van der Waals surface area contributed by atoms with E-state index in [1.54, 1.807) is 35.9 Å². The molecule has 0 saturated carbocycles. The van der Waals surface area contributed by atoms with Gasteiger partial charge in [0, 0.05) is 18.3 Å². The average molecular weight is 400 g/mol. The topological polar surface area (TPSA) is 104 Å². The third-order valence-corrected chi connectivity index (χ3v) is 4.53. The number of methoxy groups -OCH3 is 2. The molecule has 1 aromatic carbocycles. The van der Waals surface area contributed by atoms with Crippen molar-refractivity contribution in [2.24, 2.45) is 7.05 Å². The Hall–Kier alpha value is -3.42. The zero-order valence-corrected chi connectivity index (χ0v) is 16.9. The highest BCUT2D eigenvalue weighted by molar-refractivity contribution is 6.08. The zero-order chi connectivity index (χ0) is 21.6. The molecule has 0 aliphatic carbocycles. The Morgan fingerprint density at radius 1 is 1.00 bits per heavy atom. The lowest BCUT2D eigenvalue weighted by molar-refractivity contribution is -0.150. The van der Waals surface area contributed by atoms with Crippen molar-refractivity contribution in [3.63, 3.8) is 0 Å². The van der Waals surface area contributed by atoms with E-state index in [0.29, 0.717) is 17.0 Å². The minimum atomic E-state index is -1.14. The van der Waals surface area contributed by atoms with Gasteiger partial charge in [0.2, 0.25) is 11.7 Å². The summed E-state index contributed by atoms with van der Waals surface area (Å²) in [5, 5.41) is 2.47. The molecule has 0 aliphatic heterocycles. The van der Waals surface area contributed by atoms with Crippen LogP contribution < -0.4 is 5.32 Å². The Morgan fingerprint density at radius 2 is 1.66 bits per heavy atom. The number of hydrogen-bond donors (Lipinski definition) is 1. The van der Waals surface area contributed by atoms with E-state index in [0.717, 1.165) is 5.56 Å². The zero-order valence-electron chi connectivity index (χ0n) is 16.9. The lowest BCUT2D eigenvalue weighted by Crippen LogP contribution is -2.43. The van der Waals surface area contributed by atoms with Crippen LogP contribution in [0.3, 0.4) is 0 Å². The van der Waals surface area contributed by atoms with Crippen molar-refractivity contribution in [3.8, 4) is 0 Å². The largest absolute Gasteiger partial charge is 0.469 e. The van der Waals surface area contributed by atoms with E-state index >= 15 is 0 Å². The summed E-state index contributed by atoms with van der Waals surface area (Å²) in [6.07, 6.45) is -0.411. The highest BCUT2D eigenvalue weighted by Crippen LogP contribution is 2.14. The molecular weight excluding hydrogens is 376 g/mol. The molecule has 1 heterocycles. The summed E-state index contributed by atoms with van der Waals surface area (Å²) in [4.78, 5) is 48.3. The van der Waals surface area contributed by atoms with Crippen molar-refractivity contribution < 1.29 is 28.7 Å². The molecule has 1 N–H and O–H groups in total. The number of amides is 1. The highest BCUT2D eigenvalue weighted by Gasteiger charge is 2.25. The third-order valence-electron chi connectivity index (χ3n) is 4.53. The first-order valence-electron chi connectivity index (χ1n) is 8.96. The molecule has 8 nitrogen and oxygen atoms in total. The normalized spacial score (nSPS) is 11.4. The summed E-state index contributed by atoms with van der Waals surface area (Å²) in [5.74, 6) is -2.03. The van der Waals surface area contributed by atoms with Crippen LogP contribution in [-0.4, -0.2) is 48.5 Å². The second-order valence-corrected chi connectivity index (χ2v) is 6.56. The molecular formula is C21H24N2O6. The molecule has 1 aromatic heterocycles. The van der Waals surface area contributed by atoms with Gasteiger partial charge in [0.05, 0.1) is 32.8 Å². The van der Waals surface area contributed by atoms with E-state index < -0.39 is 23.9 Å². The minimum absolute atomic E-state index is 0.0770. The average Bonchev–Trinajstić information content (AvgIpc) is 3.06. The maximum absolute atomic E-state index is 12.7. The number of nitrogens with zero attached hydrogens (tertiary/aromatic N) is 1. The number of aromatic nitrogens is 1. The molecule has 8 heteroatoms. The van der Waals surface area contributed by atoms with Gasteiger partial charge in [-0.25, -0.2) is 4.79 Å². The number of nitrogens with one attached hydrogen (secondary N) is 1. The smallest absolute Gasteiger partial charge is 0.328 e. The Kier molecular flexibility index (Phi) is 7.30. The maximum atomic E-state index is 12.7. The maximum Gasteiger partial charge on any atom is 0.328 e. The van der Waals surface area contributed by atoms with Crippen LogP contribution in [0.2, 0.25) is 0 Å². The molecule has 29 heavy (non-hydrogen) atoms. The number of ketones is 1. The Bertz CT molecular complexity index is 914. The molecule has 1 amide bonds. The molecule has 0 spiro atoms. The van der Waals surface area contributed by atoms with Crippen LogP contribution in [0.25, 0.3) is 0 Å². The molecule has 0 aliphatic rings. The summed E-state index contributed by atoms with van der Waals surface area (Å²) in [7, 11) is 4.05. The highest BCUT2D eigenvalue weighted by atomic mass is 16.5. The van der Waals surface area contributed by atoms with E-state index in [2.05, 4.69) is 14.8 Å². The fourth-order valence-corrected chi connectivity index (χ4v) is 2.81. The van der Waals surface area contributed by atoms with E-state index in [9.17, 15) is 19.2 Å². The lowest BCUT2D eigenvalue weighted by Gasteiger charge is -2.15. The van der Waals surface area contributed by atoms with Crippen LogP contribution in [0.5, 0.6) is 0 Å². The molecule has 2 rings (SSSR count). The SMILES string of the molecule is COC(=O)C[C@H](NC(=O)Cc1ccc(C(=O)c2ccc(C)cc2)n1C)C(=O)OC. The van der Waals surface area contributed by atoms with Gasteiger partial charge in [-0.2, -0.15) is 0 Å². The molecule has 0 unspecified atom stereocenters. The quantitative estimate of drug-likeness (QED) is 0.530. The van der Waals surface area contributed by atoms with Crippen molar-refractivity contribution >= 4 is 23.6 Å². The van der Waals surface area contributed by atoms with Gasteiger partial charge < -0.3 is 19.4 Å². The van der Waals surface area contributed by atoms with Crippen LogP contribution in [-0.2, 0) is 37.3 Å². The Balaban J connectivity index is 2.10. The van der Waals surface area contributed by atoms with E-state index in [4.69, 9.17) is 0 Å². The fraction of sp³-hybridized carbons (Fsp3) is 0.333. The number of carbonyl (C=O) groups excluding carboxylic acids is 4. The van der Waals surface area contributed by atoms with Crippen molar-refractivity contribution in [1.29, 1.82) is 0 Å². The van der Waals surface area contributed by atoms with E-state index in [-0.39, 0.29) is 18.6 Å². The van der Waals surface area contributed by atoms with Gasteiger partial charge >= 0.3 is 11.9 Å². The van der Waals surface area contributed by atoms with Crippen molar-refractivity contribution in [1.82, 2.24) is 9.88 Å². The number of benzene rings is 1. The van der Waals surface area contributed by atoms with Gasteiger partial charge in [0.25, 0.3) is 0 Å². The molecule has 0 bridgehead atoms. The number of ether oxygens (including phenoxy) is 2. The molecule has 0 saturated heterocycles. The molecule has 1 atom stereocenters. The van der Waals surface area contributed by atoms with E-state index in [1.165, 1.54) is 14.2 Å². The summed E-state index contributed by atoms with van der Waals surface area (Å²) in [6.45, 7) is 1.94. The van der Waals surface area contributed by atoms with Crippen LogP contribution in [0.1, 0.15) is 33.7 Å². The van der Waals surface area contributed by atoms with Crippen LogP contribution in [0, 0.1) is 6.92 Å². The number of hydrogen-bond acceptors (Lipinski definition) is 6. The summed E-state index contributed by atoms with van der Waals surface area (Å²) in [6, 6.07) is 9.41. The number of carbonyl (C=O) groups is 4. The standard InChI is InChI=1S/C21H24N2O6/c1-13-5-7-14(8-6-13)20(26)17-10-9-15(23(17)2)11-18(24)22-16(21(27)29-4)12-19(25)28-3/h5-10,16H,11-12H2,1-4H3,(H,22,24)/t16-/m0/s1. The van der Waals surface area contributed by atoms with Gasteiger partial charge in [-0.3, -0.25) is 14.4 Å². The van der Waals surface area contributed by atoms with Crippen molar-refractivity contribution in [2.75, 3.05) is 14.2 Å². The predicted molar refractivity (Wildman–Crippen MR) is 104 cm³/mol. The van der Waals surface area contributed by atoms with Crippen molar-refractivity contribution in [3.05, 3.63) is 58.9 Å². The van der Waals surface area contributed by atoms with Gasteiger partial charge in [-0.05, 0) is 19.1 Å². The third kappa shape index (κ3) is 5.54. The minimum Gasteiger partial charge on any atom is -0.469 e. The first-order chi connectivity index (χ1) is 13.8. The second-order valence-electron chi connectivity index (χ2n) is 6.56. The first kappa shape index (κ1) is 21.9. The first-order valence-corrected chi connectivity index (χ1v) is 8.96. The van der Waals surface area contributed by atoms with Gasteiger partial charge in [0.1, 0.15) is 6.04 Å². The second kappa shape index (κ2) is 9.68. The molecule has 2 aromatic rings. The number of aryl methyl sites for hydroxylation is 1. The number of esters is 2. The monoisotopic (exact) mass is 400 g/mol. The molecule has 0 fully saturated rings. The number of rotatable bonds is 8. The van der Waals surface area contributed by atoms with Gasteiger partial charge in [-0.15, -0.1) is 0 Å². The molecule has 154 valence electrons. The van der Waals surface area contributed by atoms with Crippen LogP contribution in [0.4, 0.5) is 0 Å². The van der Waals surface area contributed by atoms with Gasteiger partial charge in [0.15, 0.2) is 0 Å². The van der Waals surface area contributed by atoms with Crippen LogP contribution >= 0.6 is 0 Å². The van der Waals surface area contributed by atoms with Crippen LogP contribution in [0.15, 0.2) is 36.4 Å². The summed E-state index contributed by atoms with van der Waals surface area (Å²) in [5.41, 5.74) is 2.63. The molecule has 0 radical (unpaired) electrons. The summed E-state index contributed by atoms with van der Waals surface area (Å²) < 4.78 is 10.8.